The highest BCUT2D eigenvalue weighted by molar-refractivity contribution is 5.90. The van der Waals surface area contributed by atoms with Crippen LogP contribution < -0.4 is 5.32 Å². The molecule has 16 heavy (non-hydrogen) atoms. The van der Waals surface area contributed by atoms with Crippen molar-refractivity contribution in [2.75, 3.05) is 6.54 Å². The van der Waals surface area contributed by atoms with Gasteiger partial charge in [0.15, 0.2) is 0 Å². The fourth-order valence-corrected chi connectivity index (χ4v) is 2.80. The molecule has 1 aliphatic carbocycles. The monoisotopic (exact) mass is 224 g/mol. The van der Waals surface area contributed by atoms with Crippen molar-refractivity contribution in [1.29, 1.82) is 0 Å². The highest BCUT2D eigenvalue weighted by Crippen LogP contribution is 2.41. The van der Waals surface area contributed by atoms with Crippen molar-refractivity contribution in [3.05, 3.63) is 0 Å². The van der Waals surface area contributed by atoms with Crippen LogP contribution >= 0.6 is 0 Å². The summed E-state index contributed by atoms with van der Waals surface area (Å²) in [5.74, 6) is 0.0846. The molecule has 4 heteroatoms. The van der Waals surface area contributed by atoms with Gasteiger partial charge in [-0.05, 0) is 32.6 Å². The number of hydrogen-bond acceptors (Lipinski definition) is 2. The largest absolute Gasteiger partial charge is 0.345 e. The van der Waals surface area contributed by atoms with Gasteiger partial charge in [-0.2, -0.15) is 0 Å². The fourth-order valence-electron chi connectivity index (χ4n) is 2.80. The Kier molecular flexibility index (Phi) is 2.91. The molecule has 2 amide bonds. The molecular weight excluding hydrogens is 204 g/mol. The van der Waals surface area contributed by atoms with Crippen LogP contribution in [0.1, 0.15) is 46.0 Å². The molecular formula is C12H20N2O2. The van der Waals surface area contributed by atoms with Crippen LogP contribution in [0.2, 0.25) is 0 Å². The lowest BCUT2D eigenvalue weighted by atomic mass is 9.73. The van der Waals surface area contributed by atoms with Crippen LogP contribution in [0.25, 0.3) is 0 Å². The van der Waals surface area contributed by atoms with E-state index in [0.29, 0.717) is 13.0 Å². The Hall–Kier alpha value is -1.06. The van der Waals surface area contributed by atoms with Crippen LogP contribution in [0.5, 0.6) is 0 Å². The Labute approximate surface area is 96.4 Å². The third kappa shape index (κ3) is 1.70. The van der Waals surface area contributed by atoms with Crippen molar-refractivity contribution in [1.82, 2.24) is 10.2 Å². The Morgan fingerprint density at radius 2 is 2.12 bits per heavy atom. The molecule has 2 fully saturated rings. The summed E-state index contributed by atoms with van der Waals surface area (Å²) >= 11 is 0. The van der Waals surface area contributed by atoms with E-state index < -0.39 is 0 Å². The third-order valence-electron chi connectivity index (χ3n) is 4.09. The van der Waals surface area contributed by atoms with Gasteiger partial charge in [-0.3, -0.25) is 9.59 Å². The first-order valence-electron chi connectivity index (χ1n) is 6.20. The maximum absolute atomic E-state index is 12.2. The van der Waals surface area contributed by atoms with Crippen molar-refractivity contribution in [2.24, 2.45) is 0 Å². The molecule has 1 unspecified atom stereocenters. The molecule has 0 aromatic rings. The van der Waals surface area contributed by atoms with Gasteiger partial charge in [-0.25, -0.2) is 0 Å². The van der Waals surface area contributed by atoms with E-state index >= 15 is 0 Å². The second-order valence-corrected chi connectivity index (χ2v) is 4.96. The average molecular weight is 224 g/mol. The van der Waals surface area contributed by atoms with E-state index in [1.165, 1.54) is 6.42 Å². The second-order valence-electron chi connectivity index (χ2n) is 4.96. The molecule has 4 nitrogen and oxygen atoms in total. The van der Waals surface area contributed by atoms with E-state index in [0.717, 1.165) is 19.3 Å². The molecule has 0 radical (unpaired) electrons. The molecule has 90 valence electrons. The minimum Gasteiger partial charge on any atom is -0.345 e. The van der Waals surface area contributed by atoms with E-state index in [2.05, 4.69) is 12.2 Å². The lowest BCUT2D eigenvalue weighted by Crippen LogP contribution is -2.58. The summed E-state index contributed by atoms with van der Waals surface area (Å²) in [5, 5.41) is 2.74. The fraction of sp³-hybridized carbons (Fsp3) is 0.833. The zero-order chi connectivity index (χ0) is 11.8. The highest BCUT2D eigenvalue weighted by atomic mass is 16.2. The van der Waals surface area contributed by atoms with Crippen LogP contribution in [0.4, 0.5) is 0 Å². The van der Waals surface area contributed by atoms with Gasteiger partial charge >= 0.3 is 0 Å². The number of hydrogen-bond donors (Lipinski definition) is 1. The number of amides is 2. The molecule has 0 bridgehead atoms. The van der Waals surface area contributed by atoms with E-state index in [-0.39, 0.29) is 23.4 Å². The summed E-state index contributed by atoms with van der Waals surface area (Å²) in [4.78, 5) is 25.6. The normalized spacial score (nSPS) is 29.4. The van der Waals surface area contributed by atoms with Crippen molar-refractivity contribution in [3.8, 4) is 0 Å². The molecule has 1 N–H and O–H groups in total. The third-order valence-corrected chi connectivity index (χ3v) is 4.09. The number of nitrogens with one attached hydrogen (secondary N) is 1. The molecule has 1 saturated carbocycles. The predicted octanol–water partition coefficient (Wildman–Crippen LogP) is 1.06. The first kappa shape index (κ1) is 11.4. The van der Waals surface area contributed by atoms with Crippen LogP contribution in [0.3, 0.4) is 0 Å². The molecule has 1 saturated heterocycles. The Balaban J connectivity index is 2.19. The lowest BCUT2D eigenvalue weighted by Gasteiger charge is -2.50. The molecule has 0 aromatic heterocycles. The SMILES string of the molecule is CCC1(N2CCC(=O)NC(C)C2=O)CCC1. The molecule has 1 heterocycles. The summed E-state index contributed by atoms with van der Waals surface area (Å²) in [5.41, 5.74) is 0.0532. The molecule has 2 rings (SSSR count). The van der Waals surface area contributed by atoms with Gasteiger partial charge in [0.2, 0.25) is 11.8 Å². The molecule has 2 aliphatic rings. The second kappa shape index (κ2) is 4.07. The van der Waals surface area contributed by atoms with E-state index in [9.17, 15) is 9.59 Å². The zero-order valence-electron chi connectivity index (χ0n) is 10.1. The number of carbonyl (C=O) groups excluding carboxylic acids is 2. The minimum absolute atomic E-state index is 0.00562. The zero-order valence-corrected chi connectivity index (χ0v) is 10.1. The van der Waals surface area contributed by atoms with E-state index in [1.807, 2.05) is 4.90 Å². The summed E-state index contributed by atoms with van der Waals surface area (Å²) in [6, 6.07) is -0.362. The maximum Gasteiger partial charge on any atom is 0.245 e. The standard InChI is InChI=1S/C12H20N2O2/c1-3-12(6-4-7-12)14-8-5-10(15)13-9(2)11(14)16/h9H,3-8H2,1-2H3,(H,13,15). The quantitative estimate of drug-likeness (QED) is 0.762. The van der Waals surface area contributed by atoms with Gasteiger partial charge in [0.25, 0.3) is 0 Å². The van der Waals surface area contributed by atoms with Gasteiger partial charge in [0, 0.05) is 18.5 Å². The number of carbonyl (C=O) groups is 2. The maximum atomic E-state index is 12.2. The van der Waals surface area contributed by atoms with E-state index in [4.69, 9.17) is 0 Å². The van der Waals surface area contributed by atoms with Crippen LogP contribution in [0, 0.1) is 0 Å². The van der Waals surface area contributed by atoms with Gasteiger partial charge in [0.05, 0.1) is 0 Å². The Bertz CT molecular complexity index is 305. The number of rotatable bonds is 2. The predicted molar refractivity (Wildman–Crippen MR) is 60.8 cm³/mol. The van der Waals surface area contributed by atoms with Crippen LogP contribution in [0.15, 0.2) is 0 Å². The lowest BCUT2D eigenvalue weighted by molar-refractivity contribution is -0.143. The van der Waals surface area contributed by atoms with Crippen LogP contribution in [-0.2, 0) is 9.59 Å². The number of nitrogens with zero attached hydrogens (tertiary/aromatic N) is 1. The summed E-state index contributed by atoms with van der Waals surface area (Å²) < 4.78 is 0. The van der Waals surface area contributed by atoms with Crippen molar-refractivity contribution >= 4 is 11.8 Å². The van der Waals surface area contributed by atoms with Crippen molar-refractivity contribution in [3.63, 3.8) is 0 Å². The van der Waals surface area contributed by atoms with Gasteiger partial charge in [-0.15, -0.1) is 0 Å². The van der Waals surface area contributed by atoms with E-state index in [1.54, 1.807) is 6.92 Å². The first-order chi connectivity index (χ1) is 7.59. The summed E-state index contributed by atoms with van der Waals surface area (Å²) in [6.07, 6.45) is 4.83. The molecule has 0 aromatic carbocycles. The Morgan fingerprint density at radius 3 is 2.62 bits per heavy atom. The summed E-state index contributed by atoms with van der Waals surface area (Å²) in [7, 11) is 0. The Morgan fingerprint density at radius 1 is 1.44 bits per heavy atom. The van der Waals surface area contributed by atoms with Crippen molar-refractivity contribution in [2.45, 2.75) is 57.5 Å². The first-order valence-corrected chi connectivity index (χ1v) is 6.20. The summed E-state index contributed by atoms with van der Waals surface area (Å²) in [6.45, 7) is 4.50. The van der Waals surface area contributed by atoms with Gasteiger partial charge < -0.3 is 10.2 Å². The highest BCUT2D eigenvalue weighted by Gasteiger charge is 2.45. The van der Waals surface area contributed by atoms with Gasteiger partial charge in [-0.1, -0.05) is 6.92 Å². The smallest absolute Gasteiger partial charge is 0.245 e. The van der Waals surface area contributed by atoms with Gasteiger partial charge in [0.1, 0.15) is 6.04 Å². The minimum atomic E-state index is -0.362. The molecule has 0 spiro atoms. The molecule has 1 aliphatic heterocycles. The topological polar surface area (TPSA) is 49.4 Å². The molecule has 1 atom stereocenters. The van der Waals surface area contributed by atoms with Crippen molar-refractivity contribution < 1.29 is 9.59 Å². The van der Waals surface area contributed by atoms with Crippen LogP contribution in [-0.4, -0.2) is 34.8 Å². The average Bonchev–Trinajstić information content (AvgIpc) is 2.30.